The lowest BCUT2D eigenvalue weighted by molar-refractivity contribution is 0.0750. The number of benzene rings is 2. The van der Waals surface area contributed by atoms with Crippen molar-refractivity contribution in [1.82, 2.24) is 15.0 Å². The van der Waals surface area contributed by atoms with Crippen molar-refractivity contribution in [2.24, 2.45) is 4.99 Å². The number of amidine groups is 1. The highest BCUT2D eigenvalue weighted by Gasteiger charge is 2.32. The van der Waals surface area contributed by atoms with Crippen LogP contribution < -0.4 is 15.4 Å². The number of fused-ring (bicyclic) bond motifs is 1. The second-order valence-corrected chi connectivity index (χ2v) is 8.69. The molecule has 0 radical (unpaired) electrons. The summed E-state index contributed by atoms with van der Waals surface area (Å²) in [4.78, 5) is 17.2. The highest BCUT2D eigenvalue weighted by Crippen LogP contribution is 2.33. The van der Waals surface area contributed by atoms with E-state index in [1.807, 2.05) is 37.3 Å². The molecule has 2 aromatic heterocycles. The van der Waals surface area contributed by atoms with Gasteiger partial charge in [0.2, 0.25) is 0 Å². The van der Waals surface area contributed by atoms with E-state index in [1.54, 1.807) is 30.6 Å². The van der Waals surface area contributed by atoms with E-state index in [2.05, 4.69) is 30.6 Å². The summed E-state index contributed by atoms with van der Waals surface area (Å²) >= 11 is 6.46. The first-order valence-electron chi connectivity index (χ1n) is 11.0. The molecule has 0 saturated heterocycles. The van der Waals surface area contributed by atoms with Crippen LogP contribution in [0.5, 0.6) is 11.5 Å². The standard InChI is InChI=1S/C25H23ClN6O3/c1-25(8-10-33)14-28-24(35-25)32-16-4-6-21-19(11-16)23(30-15-29-21)31-17-5-7-22(20(26)12-17)34-18-3-2-9-27-13-18/h2-7,9,11-13,15,33H,8,10,14H2,1H3,(H,28,32)(H,29,30,31). The van der Waals surface area contributed by atoms with E-state index in [4.69, 9.17) is 21.1 Å². The van der Waals surface area contributed by atoms with Crippen LogP contribution in [0, 0.1) is 0 Å². The Morgan fingerprint density at radius 1 is 1.11 bits per heavy atom. The van der Waals surface area contributed by atoms with Crippen molar-refractivity contribution >= 4 is 45.7 Å². The summed E-state index contributed by atoms with van der Waals surface area (Å²) in [6, 6.07) is 15.1. The van der Waals surface area contributed by atoms with Gasteiger partial charge in [0.1, 0.15) is 29.2 Å². The number of pyridine rings is 1. The Balaban J connectivity index is 1.35. The summed E-state index contributed by atoms with van der Waals surface area (Å²) in [5.41, 5.74) is 1.79. The summed E-state index contributed by atoms with van der Waals surface area (Å²) in [7, 11) is 0. The van der Waals surface area contributed by atoms with Gasteiger partial charge in [-0.2, -0.15) is 0 Å². The first-order valence-corrected chi connectivity index (χ1v) is 11.4. The summed E-state index contributed by atoms with van der Waals surface area (Å²) in [6.45, 7) is 2.46. The maximum Gasteiger partial charge on any atom is 0.289 e. The van der Waals surface area contributed by atoms with Crippen LogP contribution in [0.25, 0.3) is 10.9 Å². The van der Waals surface area contributed by atoms with Gasteiger partial charge in [-0.3, -0.25) is 4.98 Å². The van der Waals surface area contributed by atoms with Gasteiger partial charge in [-0.1, -0.05) is 11.6 Å². The van der Waals surface area contributed by atoms with Crippen LogP contribution in [-0.2, 0) is 4.74 Å². The minimum atomic E-state index is -0.504. The predicted octanol–water partition coefficient (Wildman–Crippen LogP) is 5.15. The minimum absolute atomic E-state index is 0.0439. The second kappa shape index (κ2) is 9.73. The predicted molar refractivity (Wildman–Crippen MR) is 136 cm³/mol. The van der Waals surface area contributed by atoms with E-state index in [9.17, 15) is 5.11 Å². The van der Waals surface area contributed by atoms with E-state index in [0.29, 0.717) is 41.3 Å². The van der Waals surface area contributed by atoms with Crippen molar-refractivity contribution in [1.29, 1.82) is 0 Å². The maximum absolute atomic E-state index is 9.25. The lowest BCUT2D eigenvalue weighted by atomic mass is 10.0. The van der Waals surface area contributed by atoms with Crippen molar-refractivity contribution in [2.45, 2.75) is 18.9 Å². The molecule has 5 rings (SSSR count). The van der Waals surface area contributed by atoms with Gasteiger partial charge < -0.3 is 25.2 Å². The molecule has 178 valence electrons. The molecule has 3 heterocycles. The highest BCUT2D eigenvalue weighted by molar-refractivity contribution is 6.32. The van der Waals surface area contributed by atoms with Crippen LogP contribution in [0.1, 0.15) is 13.3 Å². The van der Waals surface area contributed by atoms with Crippen molar-refractivity contribution in [3.05, 3.63) is 72.3 Å². The van der Waals surface area contributed by atoms with Gasteiger partial charge in [-0.15, -0.1) is 0 Å². The summed E-state index contributed by atoms with van der Waals surface area (Å²) in [5, 5.41) is 17.0. The number of halogens is 1. The van der Waals surface area contributed by atoms with Gasteiger partial charge in [0, 0.05) is 36.0 Å². The molecule has 1 aliphatic rings. The van der Waals surface area contributed by atoms with Gasteiger partial charge in [0.05, 0.1) is 23.3 Å². The summed E-state index contributed by atoms with van der Waals surface area (Å²) in [6.07, 6.45) is 5.31. The molecule has 2 aromatic carbocycles. The maximum atomic E-state index is 9.25. The molecular weight excluding hydrogens is 468 g/mol. The first-order chi connectivity index (χ1) is 17.0. The van der Waals surface area contributed by atoms with Gasteiger partial charge >= 0.3 is 0 Å². The molecule has 4 aromatic rings. The zero-order valence-corrected chi connectivity index (χ0v) is 19.7. The van der Waals surface area contributed by atoms with Crippen LogP contribution in [0.15, 0.2) is 72.2 Å². The molecule has 9 nitrogen and oxygen atoms in total. The fourth-order valence-electron chi connectivity index (χ4n) is 3.66. The van der Waals surface area contributed by atoms with E-state index >= 15 is 0 Å². The van der Waals surface area contributed by atoms with Gasteiger partial charge in [0.25, 0.3) is 6.02 Å². The molecule has 10 heteroatoms. The Morgan fingerprint density at radius 2 is 1.97 bits per heavy atom. The molecule has 0 aliphatic carbocycles. The van der Waals surface area contributed by atoms with Gasteiger partial charge in [-0.25, -0.2) is 15.0 Å². The lowest BCUT2D eigenvalue weighted by Gasteiger charge is -2.22. The smallest absolute Gasteiger partial charge is 0.289 e. The van der Waals surface area contributed by atoms with Crippen LogP contribution in [0.2, 0.25) is 5.02 Å². The molecule has 1 atom stereocenters. The fourth-order valence-corrected chi connectivity index (χ4v) is 3.88. The average molecular weight is 491 g/mol. The monoisotopic (exact) mass is 490 g/mol. The third-order valence-corrected chi connectivity index (χ3v) is 5.78. The van der Waals surface area contributed by atoms with Crippen molar-refractivity contribution in [2.75, 3.05) is 23.8 Å². The molecule has 1 unspecified atom stereocenters. The number of aromatic nitrogens is 3. The molecule has 35 heavy (non-hydrogen) atoms. The van der Waals surface area contributed by atoms with Crippen molar-refractivity contribution in [3.8, 4) is 11.5 Å². The molecule has 0 saturated carbocycles. The number of anilines is 3. The number of hydrogen-bond donors (Lipinski definition) is 3. The van der Waals surface area contributed by atoms with Crippen molar-refractivity contribution < 1.29 is 14.6 Å². The molecule has 1 aliphatic heterocycles. The van der Waals surface area contributed by atoms with E-state index in [1.165, 1.54) is 6.33 Å². The second-order valence-electron chi connectivity index (χ2n) is 8.29. The number of aliphatic imine (C=N–C) groups is 1. The molecule has 0 bridgehead atoms. The van der Waals surface area contributed by atoms with E-state index < -0.39 is 5.60 Å². The highest BCUT2D eigenvalue weighted by atomic mass is 35.5. The van der Waals surface area contributed by atoms with Crippen LogP contribution >= 0.6 is 11.6 Å². The zero-order chi connectivity index (χ0) is 24.3. The average Bonchev–Trinajstić information content (AvgIpc) is 3.22. The SMILES string of the molecule is CC1(CCO)CN=C(Nc2ccc3ncnc(Nc4ccc(Oc5cccnc5)c(Cl)c4)c3c2)O1. The number of ether oxygens (including phenoxy) is 2. The largest absolute Gasteiger partial charge is 0.457 e. The summed E-state index contributed by atoms with van der Waals surface area (Å²) in [5.74, 6) is 1.74. The van der Waals surface area contributed by atoms with Crippen molar-refractivity contribution in [3.63, 3.8) is 0 Å². The number of hydrogen-bond acceptors (Lipinski definition) is 9. The molecule has 0 amide bonds. The number of nitrogens with zero attached hydrogens (tertiary/aromatic N) is 4. The molecule has 3 N–H and O–H groups in total. The number of aliphatic hydroxyl groups is 1. The first kappa shape index (κ1) is 22.8. The fraction of sp³-hybridized carbons (Fsp3) is 0.200. The Bertz CT molecular complexity index is 1380. The van der Waals surface area contributed by atoms with Gasteiger partial charge in [-0.05, 0) is 55.5 Å². The van der Waals surface area contributed by atoms with E-state index in [0.717, 1.165) is 22.3 Å². The van der Waals surface area contributed by atoms with Crippen LogP contribution in [0.4, 0.5) is 17.2 Å². The number of rotatable bonds is 7. The Kier molecular flexibility index (Phi) is 6.35. The van der Waals surface area contributed by atoms with Crippen LogP contribution in [0.3, 0.4) is 0 Å². The minimum Gasteiger partial charge on any atom is -0.457 e. The summed E-state index contributed by atoms with van der Waals surface area (Å²) < 4.78 is 11.7. The lowest BCUT2D eigenvalue weighted by Crippen LogP contribution is -2.31. The normalized spacial score (nSPS) is 17.1. The number of nitrogens with one attached hydrogen (secondary N) is 2. The Morgan fingerprint density at radius 3 is 2.77 bits per heavy atom. The zero-order valence-electron chi connectivity index (χ0n) is 18.9. The molecular formula is C25H23ClN6O3. The molecule has 0 fully saturated rings. The molecule has 0 spiro atoms. The van der Waals surface area contributed by atoms with E-state index in [-0.39, 0.29) is 6.61 Å². The third-order valence-electron chi connectivity index (χ3n) is 5.48. The van der Waals surface area contributed by atoms with Gasteiger partial charge in [0.15, 0.2) is 0 Å². The number of aliphatic hydroxyl groups excluding tert-OH is 1. The Labute approximate surface area is 206 Å². The topological polar surface area (TPSA) is 114 Å². The Hall–Kier alpha value is -3.95. The van der Waals surface area contributed by atoms with Crippen LogP contribution in [-0.4, -0.2) is 44.8 Å². The quantitative estimate of drug-likeness (QED) is 0.326. The third kappa shape index (κ3) is 5.26.